The molecular weight excluding hydrogens is 284 g/mol. The van der Waals surface area contributed by atoms with Crippen LogP contribution in [0.15, 0.2) is 53.8 Å². The fourth-order valence-electron chi connectivity index (χ4n) is 2.35. The van der Waals surface area contributed by atoms with Gasteiger partial charge in [0, 0.05) is 32.5 Å². The Morgan fingerprint density at radius 2 is 1.96 bits per heavy atom. The third-order valence-electron chi connectivity index (χ3n) is 3.87. The summed E-state index contributed by atoms with van der Waals surface area (Å²) in [6.45, 7) is 6.03. The molecule has 4 heteroatoms. The van der Waals surface area contributed by atoms with E-state index in [1.165, 1.54) is 16.7 Å². The minimum atomic E-state index is 0.437. The van der Waals surface area contributed by atoms with Crippen molar-refractivity contribution in [1.29, 1.82) is 0 Å². The number of rotatable bonds is 6. The minimum Gasteiger partial charge on any atom is -0.356 e. The third kappa shape index (κ3) is 5.74. The first-order valence-corrected chi connectivity index (χ1v) is 8.09. The zero-order valence-corrected chi connectivity index (χ0v) is 14.2. The van der Waals surface area contributed by atoms with Gasteiger partial charge in [0.2, 0.25) is 0 Å². The molecule has 23 heavy (non-hydrogen) atoms. The number of hydrogen-bond acceptors (Lipinski definition) is 2. The predicted octanol–water partition coefficient (Wildman–Crippen LogP) is 2.90. The Kier molecular flexibility index (Phi) is 6.60. The summed E-state index contributed by atoms with van der Waals surface area (Å²) >= 11 is 0. The van der Waals surface area contributed by atoms with Gasteiger partial charge >= 0.3 is 0 Å². The summed E-state index contributed by atoms with van der Waals surface area (Å²) < 4.78 is 0. The molecule has 0 radical (unpaired) electrons. The molecule has 2 aromatic rings. The Morgan fingerprint density at radius 1 is 1.17 bits per heavy atom. The molecule has 0 aliphatic heterocycles. The van der Waals surface area contributed by atoms with Gasteiger partial charge in [-0.2, -0.15) is 0 Å². The Hall–Kier alpha value is -2.36. The molecule has 2 N–H and O–H groups in total. The molecule has 0 spiro atoms. The number of nitrogens with one attached hydrogen (secondary N) is 2. The van der Waals surface area contributed by atoms with Gasteiger partial charge in [0.1, 0.15) is 0 Å². The zero-order chi connectivity index (χ0) is 16.5. The fraction of sp³-hybridized carbons (Fsp3) is 0.368. The van der Waals surface area contributed by atoms with E-state index in [9.17, 15) is 0 Å². The monoisotopic (exact) mass is 310 g/mol. The molecule has 0 amide bonds. The smallest absolute Gasteiger partial charge is 0.191 e. The van der Waals surface area contributed by atoms with Crippen LogP contribution >= 0.6 is 0 Å². The Bertz CT molecular complexity index is 605. The molecule has 1 aromatic carbocycles. The fourth-order valence-corrected chi connectivity index (χ4v) is 2.35. The average molecular weight is 310 g/mol. The number of hydrogen-bond donors (Lipinski definition) is 2. The van der Waals surface area contributed by atoms with Crippen molar-refractivity contribution in [3.05, 3.63) is 65.5 Å². The SMILES string of the molecule is CN=C(NCCc1cccnc1)NCC(C)c1ccc(C)cc1. The van der Waals surface area contributed by atoms with Crippen LogP contribution in [0.1, 0.15) is 29.5 Å². The second kappa shape index (κ2) is 8.93. The first-order valence-electron chi connectivity index (χ1n) is 8.09. The van der Waals surface area contributed by atoms with E-state index >= 15 is 0 Å². The third-order valence-corrected chi connectivity index (χ3v) is 3.87. The van der Waals surface area contributed by atoms with Crippen LogP contribution in [0.4, 0.5) is 0 Å². The number of aryl methyl sites for hydroxylation is 1. The molecule has 4 nitrogen and oxygen atoms in total. The molecule has 1 unspecified atom stereocenters. The molecule has 0 aliphatic rings. The van der Waals surface area contributed by atoms with Crippen molar-refractivity contribution < 1.29 is 0 Å². The van der Waals surface area contributed by atoms with Crippen molar-refractivity contribution in [2.45, 2.75) is 26.2 Å². The molecule has 0 bridgehead atoms. The summed E-state index contributed by atoms with van der Waals surface area (Å²) in [6, 6.07) is 12.8. The Labute approximate surface area is 139 Å². The second-order valence-corrected chi connectivity index (χ2v) is 5.80. The van der Waals surface area contributed by atoms with E-state index in [-0.39, 0.29) is 0 Å². The first-order chi connectivity index (χ1) is 11.2. The highest BCUT2D eigenvalue weighted by atomic mass is 15.2. The molecule has 0 saturated heterocycles. The Morgan fingerprint density at radius 3 is 2.61 bits per heavy atom. The summed E-state index contributed by atoms with van der Waals surface area (Å²) in [5.74, 6) is 1.28. The predicted molar refractivity (Wildman–Crippen MR) is 96.9 cm³/mol. The molecule has 122 valence electrons. The number of nitrogens with zero attached hydrogens (tertiary/aromatic N) is 2. The van der Waals surface area contributed by atoms with Crippen LogP contribution in [0.2, 0.25) is 0 Å². The van der Waals surface area contributed by atoms with E-state index in [0.717, 1.165) is 25.5 Å². The second-order valence-electron chi connectivity index (χ2n) is 5.80. The van der Waals surface area contributed by atoms with Crippen LogP contribution in [0, 0.1) is 6.92 Å². The van der Waals surface area contributed by atoms with Crippen molar-refractivity contribution in [3.8, 4) is 0 Å². The van der Waals surface area contributed by atoms with E-state index in [0.29, 0.717) is 5.92 Å². The van der Waals surface area contributed by atoms with Crippen molar-refractivity contribution in [2.75, 3.05) is 20.1 Å². The highest BCUT2D eigenvalue weighted by molar-refractivity contribution is 5.79. The largest absolute Gasteiger partial charge is 0.356 e. The number of benzene rings is 1. The maximum atomic E-state index is 4.28. The van der Waals surface area contributed by atoms with Crippen LogP contribution in [-0.4, -0.2) is 31.1 Å². The van der Waals surface area contributed by atoms with E-state index in [4.69, 9.17) is 0 Å². The van der Waals surface area contributed by atoms with Gasteiger partial charge in [0.15, 0.2) is 5.96 Å². The van der Waals surface area contributed by atoms with Crippen LogP contribution in [0.25, 0.3) is 0 Å². The number of pyridine rings is 1. The van der Waals surface area contributed by atoms with Crippen molar-refractivity contribution >= 4 is 5.96 Å². The lowest BCUT2D eigenvalue weighted by Crippen LogP contribution is -2.39. The minimum absolute atomic E-state index is 0.437. The molecular formula is C19H26N4. The molecule has 0 aliphatic carbocycles. The van der Waals surface area contributed by atoms with Crippen LogP contribution < -0.4 is 10.6 Å². The lowest BCUT2D eigenvalue weighted by Gasteiger charge is -2.16. The molecule has 2 rings (SSSR count). The van der Waals surface area contributed by atoms with Gasteiger partial charge in [-0.15, -0.1) is 0 Å². The van der Waals surface area contributed by atoms with Crippen molar-refractivity contribution in [2.24, 2.45) is 4.99 Å². The summed E-state index contributed by atoms with van der Waals surface area (Å²) in [6.07, 6.45) is 4.63. The lowest BCUT2D eigenvalue weighted by atomic mass is 10.0. The summed E-state index contributed by atoms with van der Waals surface area (Å²) in [7, 11) is 1.80. The topological polar surface area (TPSA) is 49.3 Å². The maximum Gasteiger partial charge on any atom is 0.191 e. The van der Waals surface area contributed by atoms with E-state index in [1.54, 1.807) is 13.2 Å². The first kappa shape index (κ1) is 17.0. The van der Waals surface area contributed by atoms with E-state index in [2.05, 4.69) is 64.8 Å². The van der Waals surface area contributed by atoms with Gasteiger partial charge in [-0.1, -0.05) is 42.8 Å². The molecule has 1 heterocycles. The van der Waals surface area contributed by atoms with Gasteiger partial charge in [-0.25, -0.2) is 0 Å². The van der Waals surface area contributed by atoms with Gasteiger partial charge in [-0.3, -0.25) is 9.98 Å². The molecule has 1 atom stereocenters. The number of aliphatic imine (C=N–C) groups is 1. The highest BCUT2D eigenvalue weighted by Crippen LogP contribution is 2.14. The molecule has 0 fully saturated rings. The normalized spacial score (nSPS) is 12.7. The van der Waals surface area contributed by atoms with Gasteiger partial charge in [-0.05, 0) is 36.5 Å². The zero-order valence-electron chi connectivity index (χ0n) is 14.2. The summed E-state index contributed by atoms with van der Waals surface area (Å²) in [5.41, 5.74) is 3.86. The average Bonchev–Trinajstić information content (AvgIpc) is 2.59. The molecule has 1 aromatic heterocycles. The standard InChI is InChI=1S/C19H26N4/c1-15-6-8-18(9-7-15)16(2)13-23-19(20-3)22-12-10-17-5-4-11-21-14-17/h4-9,11,14,16H,10,12-13H2,1-3H3,(H2,20,22,23). The van der Waals surface area contributed by atoms with Crippen LogP contribution in [-0.2, 0) is 6.42 Å². The van der Waals surface area contributed by atoms with Crippen molar-refractivity contribution in [3.63, 3.8) is 0 Å². The van der Waals surface area contributed by atoms with E-state index < -0.39 is 0 Å². The highest BCUT2D eigenvalue weighted by Gasteiger charge is 2.06. The van der Waals surface area contributed by atoms with Gasteiger partial charge in [0.25, 0.3) is 0 Å². The van der Waals surface area contributed by atoms with Crippen LogP contribution in [0.5, 0.6) is 0 Å². The summed E-state index contributed by atoms with van der Waals surface area (Å²) in [4.78, 5) is 8.41. The van der Waals surface area contributed by atoms with Crippen molar-refractivity contribution in [1.82, 2.24) is 15.6 Å². The van der Waals surface area contributed by atoms with Gasteiger partial charge in [0.05, 0.1) is 0 Å². The quantitative estimate of drug-likeness (QED) is 0.637. The number of aromatic nitrogens is 1. The Balaban J connectivity index is 1.75. The summed E-state index contributed by atoms with van der Waals surface area (Å²) in [5, 5.41) is 6.74. The molecule has 0 saturated carbocycles. The number of guanidine groups is 1. The van der Waals surface area contributed by atoms with Crippen LogP contribution in [0.3, 0.4) is 0 Å². The van der Waals surface area contributed by atoms with Gasteiger partial charge < -0.3 is 10.6 Å². The maximum absolute atomic E-state index is 4.28. The van der Waals surface area contributed by atoms with E-state index in [1.807, 2.05) is 12.3 Å². The lowest BCUT2D eigenvalue weighted by molar-refractivity contribution is 0.697.